The molecule has 0 unspecified atom stereocenters. The van der Waals surface area contributed by atoms with Crippen LogP contribution in [0, 0.1) is 0 Å². The summed E-state index contributed by atoms with van der Waals surface area (Å²) in [5.74, 6) is 1.79. The molecule has 0 saturated carbocycles. The van der Waals surface area contributed by atoms with E-state index in [1.807, 2.05) is 48.5 Å². The number of ether oxygens (including phenoxy) is 8. The van der Waals surface area contributed by atoms with Crippen LogP contribution in [-0.4, -0.2) is 56.9 Å². The molecule has 0 atom stereocenters. The molecule has 8 aromatic carbocycles. The Hall–Kier alpha value is -10.6. The van der Waals surface area contributed by atoms with Gasteiger partial charge in [-0.05, 0) is 193 Å². The molecule has 1 aliphatic heterocycles. The smallest absolute Gasteiger partial charge is 0.461 e. The van der Waals surface area contributed by atoms with E-state index in [0.717, 1.165) is 44.5 Å². The van der Waals surface area contributed by atoms with E-state index in [1.54, 1.807) is 146 Å². The van der Waals surface area contributed by atoms with Crippen LogP contribution in [-0.2, 0) is 51.4 Å². The van der Waals surface area contributed by atoms with E-state index in [-0.39, 0.29) is 92.0 Å². The lowest BCUT2D eigenvalue weighted by atomic mass is 10.1. The molecule has 0 saturated heterocycles. The van der Waals surface area contributed by atoms with E-state index in [1.165, 1.54) is 56.9 Å². The van der Waals surface area contributed by atoms with Crippen molar-refractivity contribution in [1.82, 2.24) is 0 Å². The van der Waals surface area contributed by atoms with Gasteiger partial charge >= 0.3 is 30.6 Å². The van der Waals surface area contributed by atoms with Gasteiger partial charge in [-0.3, -0.25) is 0 Å². The first-order valence-corrected chi connectivity index (χ1v) is 39.0. The third-order valence-electron chi connectivity index (χ3n) is 15.5. The van der Waals surface area contributed by atoms with E-state index in [2.05, 4.69) is 52.6 Å². The van der Waals surface area contributed by atoms with Crippen LogP contribution in [0.5, 0.6) is 92.0 Å². The largest absolute Gasteiger partial charge is 0.493 e. The third kappa shape index (κ3) is 19.2. The molecule has 0 aliphatic carbocycles. The summed E-state index contributed by atoms with van der Waals surface area (Å²) in [6.07, 6.45) is 17.7. The topological polar surface area (TPSA) is 197 Å². The van der Waals surface area contributed by atoms with Crippen molar-refractivity contribution in [3.8, 4) is 92.0 Å². The fourth-order valence-corrected chi connectivity index (χ4v) is 22.9. The maximum absolute atomic E-state index is 7.71. The Morgan fingerprint density at radius 2 is 0.317 bits per heavy atom. The number of hydrogen-bond donors (Lipinski definition) is 0. The average molecular weight is 1490 g/mol. The van der Waals surface area contributed by atoms with Gasteiger partial charge in [-0.2, -0.15) is 0 Å². The van der Waals surface area contributed by atoms with Gasteiger partial charge in [-0.15, -0.1) is 52.6 Å². The van der Waals surface area contributed by atoms with Crippen molar-refractivity contribution in [2.24, 2.45) is 18.1 Å². The molecule has 0 bridgehead atoms. The van der Waals surface area contributed by atoms with E-state index < -0.39 is 30.6 Å². The lowest BCUT2D eigenvalue weighted by Crippen LogP contribution is -2.12. The molecule has 544 valence electrons. The maximum atomic E-state index is 7.71. The van der Waals surface area contributed by atoms with Gasteiger partial charge in [0.2, 0.25) is 0 Å². The zero-order valence-corrected chi connectivity index (χ0v) is 63.5. The normalized spacial score (nSPS) is 13.5. The Kier molecular flexibility index (Phi) is 27.2. The molecule has 0 radical (unpaired) electrons. The number of rotatable bonds is 40. The lowest BCUT2D eigenvalue weighted by molar-refractivity contribution is 0.365. The maximum Gasteiger partial charge on any atom is 0.461 e. The molecule has 0 aromatic heterocycles. The molecule has 0 fully saturated rings. The van der Waals surface area contributed by atoms with Crippen molar-refractivity contribution < 1.29 is 74.1 Å². The van der Waals surface area contributed by atoms with Crippen molar-refractivity contribution >= 4 is 30.6 Å². The van der Waals surface area contributed by atoms with E-state index in [0.29, 0.717) is 51.4 Å². The van der Waals surface area contributed by atoms with Gasteiger partial charge in [-0.1, -0.05) is 115 Å². The SMILES string of the molecule is C=CCc1ccc(OP2(Oc3ccc(CC=C)cc3OC)=NP(Oc3ccc(CC=C)cc3OC)(Oc3ccc(CC=C)cc3OC)=NP(Oc3ccc(CC=C)cc3OC)(Oc3ccc(CC=C)cc3OC)=NP(Oc3ccc(CC=C)cc3OC)(Oc3ccc(CC=C)cc3OC)=N2)c(OC)c1. The summed E-state index contributed by atoms with van der Waals surface area (Å²) < 4.78 is 136. The highest BCUT2D eigenvalue weighted by atomic mass is 31.3. The standard InChI is InChI=1S/C80H88N4O16P4/c1-17-25-57-33-41-65(73(49-57)85-9)93-101(94-66-42-34-58(26-18-2)50-74(66)86-10)81-102(95-67-43-35-59(27-19-3)51-75(67)87-11,96-68-44-36-60(28-20-4)52-76(68)88-12)83-104(99-71-47-39-63(31-23-7)55-79(71)91-15,100-72-48-40-64(32-24-8)56-80(72)92-16)84-103(82-101,97-69-45-37-61(29-21-5)53-77(69)89-13)98-70-46-38-62(30-22-6)54-78(70)90-14/h17-24,33-56H,1-8,25-32H2,9-16H3. The quantitative estimate of drug-likeness (QED) is 0.0259. The predicted molar refractivity (Wildman–Crippen MR) is 418 cm³/mol. The van der Waals surface area contributed by atoms with Crippen LogP contribution in [0.4, 0.5) is 0 Å². The van der Waals surface area contributed by atoms with Crippen LogP contribution in [0.25, 0.3) is 0 Å². The molecule has 0 spiro atoms. The molecule has 1 aliphatic rings. The first-order valence-electron chi connectivity index (χ1n) is 32.9. The number of allylic oxidation sites excluding steroid dienone is 8. The van der Waals surface area contributed by atoms with Crippen LogP contribution in [0.3, 0.4) is 0 Å². The number of hydrogen-bond acceptors (Lipinski definition) is 20. The molecule has 24 heteroatoms. The van der Waals surface area contributed by atoms with E-state index in [9.17, 15) is 0 Å². The molecule has 8 aromatic rings. The first kappa shape index (κ1) is 77.6. The van der Waals surface area contributed by atoms with Gasteiger partial charge in [0.15, 0.2) is 92.0 Å². The predicted octanol–water partition coefficient (Wildman–Crippen LogP) is 22.3. The number of benzene rings is 8. The van der Waals surface area contributed by atoms with Crippen molar-refractivity contribution in [3.63, 3.8) is 0 Å². The summed E-state index contributed by atoms with van der Waals surface area (Å²) in [4.78, 5) is 0. The lowest BCUT2D eigenvalue weighted by Gasteiger charge is -2.34. The Labute approximate surface area is 611 Å². The molecule has 104 heavy (non-hydrogen) atoms. The second-order valence-electron chi connectivity index (χ2n) is 22.9. The molecule has 20 nitrogen and oxygen atoms in total. The summed E-state index contributed by atoms with van der Waals surface area (Å²) in [6.45, 7) is 32.2. The van der Waals surface area contributed by atoms with E-state index in [4.69, 9.17) is 92.1 Å². The minimum atomic E-state index is -5.21. The number of methoxy groups -OCH3 is 8. The van der Waals surface area contributed by atoms with Crippen molar-refractivity contribution in [2.75, 3.05) is 56.9 Å². The average Bonchev–Trinajstić information content (AvgIpc) is 0.723. The minimum absolute atomic E-state index is 0.0258. The van der Waals surface area contributed by atoms with Gasteiger partial charge in [0, 0.05) is 0 Å². The van der Waals surface area contributed by atoms with Crippen LogP contribution in [0.1, 0.15) is 44.5 Å². The summed E-state index contributed by atoms with van der Waals surface area (Å²) in [5.41, 5.74) is 6.43. The van der Waals surface area contributed by atoms with Crippen LogP contribution in [0.15, 0.2) is 265 Å². The Balaban J connectivity index is 1.67. The van der Waals surface area contributed by atoms with Gasteiger partial charge in [0.05, 0.1) is 56.9 Å². The van der Waals surface area contributed by atoms with E-state index >= 15 is 0 Å². The second-order valence-corrected chi connectivity index (χ2v) is 31.1. The molecule has 0 N–H and O–H groups in total. The summed E-state index contributed by atoms with van der Waals surface area (Å²) in [6, 6.07) is 42.5. The third-order valence-corrected chi connectivity index (χ3v) is 26.2. The van der Waals surface area contributed by atoms with Crippen molar-refractivity contribution in [2.45, 2.75) is 51.4 Å². The summed E-state index contributed by atoms with van der Waals surface area (Å²) in [7, 11) is -8.87. The first-order chi connectivity index (χ1) is 50.5. The van der Waals surface area contributed by atoms with Crippen LogP contribution in [0.2, 0.25) is 0 Å². The van der Waals surface area contributed by atoms with Gasteiger partial charge < -0.3 is 74.1 Å². The molecular formula is C80H88N4O16P4. The van der Waals surface area contributed by atoms with Gasteiger partial charge in [0.25, 0.3) is 0 Å². The Morgan fingerprint density at radius 3 is 0.413 bits per heavy atom. The minimum Gasteiger partial charge on any atom is -0.493 e. The second kappa shape index (κ2) is 36.5. The highest BCUT2D eigenvalue weighted by Crippen LogP contribution is 2.81. The Morgan fingerprint density at radius 1 is 0.202 bits per heavy atom. The van der Waals surface area contributed by atoms with Crippen molar-refractivity contribution in [1.29, 1.82) is 0 Å². The van der Waals surface area contributed by atoms with Crippen LogP contribution >= 0.6 is 30.6 Å². The Bertz CT molecular complexity index is 3860. The van der Waals surface area contributed by atoms with Crippen molar-refractivity contribution in [3.05, 3.63) is 291 Å². The number of nitrogens with zero attached hydrogens (tertiary/aromatic N) is 4. The van der Waals surface area contributed by atoms with Gasteiger partial charge in [0.1, 0.15) is 0 Å². The molecule has 0 amide bonds. The highest BCUT2D eigenvalue weighted by molar-refractivity contribution is 7.79. The van der Waals surface area contributed by atoms with Crippen LogP contribution < -0.4 is 74.1 Å². The highest BCUT2D eigenvalue weighted by Gasteiger charge is 2.51. The molecular weight excluding hydrogens is 1400 g/mol. The zero-order chi connectivity index (χ0) is 74.3. The monoisotopic (exact) mass is 1480 g/mol. The summed E-state index contributed by atoms with van der Waals surface area (Å²) >= 11 is 0. The molecule has 9 rings (SSSR count). The fraction of sp³-hybridized carbons (Fsp3) is 0.200. The molecule has 1 heterocycles. The summed E-state index contributed by atoms with van der Waals surface area (Å²) in [5, 5.41) is 0. The fourth-order valence-electron chi connectivity index (χ4n) is 10.7. The van der Waals surface area contributed by atoms with Gasteiger partial charge in [-0.25, -0.2) is 0 Å². The zero-order valence-electron chi connectivity index (χ0n) is 59.9.